The van der Waals surface area contributed by atoms with Crippen LogP contribution in [0.3, 0.4) is 0 Å². The summed E-state index contributed by atoms with van der Waals surface area (Å²) in [6.45, 7) is 7.58. The molecule has 2 aliphatic rings. The van der Waals surface area contributed by atoms with Crippen molar-refractivity contribution in [2.75, 3.05) is 32.7 Å². The number of carbonyl (C=O) groups excluding carboxylic acids is 1. The van der Waals surface area contributed by atoms with Gasteiger partial charge in [0.2, 0.25) is 5.91 Å². The minimum Gasteiger partial charge on any atom is -0.337 e. The normalized spacial score (nSPS) is 19.4. The molecule has 0 bridgehead atoms. The van der Waals surface area contributed by atoms with E-state index < -0.39 is 0 Å². The monoisotopic (exact) mass is 345 g/mol. The van der Waals surface area contributed by atoms with Crippen molar-refractivity contribution in [2.24, 2.45) is 0 Å². The summed E-state index contributed by atoms with van der Waals surface area (Å²) in [5.41, 5.74) is 2.70. The van der Waals surface area contributed by atoms with E-state index in [1.54, 1.807) is 0 Å². The minimum absolute atomic E-state index is 0. The van der Waals surface area contributed by atoms with Gasteiger partial charge in [-0.2, -0.15) is 0 Å². The number of halogens is 2. The van der Waals surface area contributed by atoms with Gasteiger partial charge in [0.15, 0.2) is 0 Å². The van der Waals surface area contributed by atoms with Gasteiger partial charge in [-0.15, -0.1) is 24.8 Å². The largest absolute Gasteiger partial charge is 0.337 e. The molecule has 6 heteroatoms. The van der Waals surface area contributed by atoms with Crippen molar-refractivity contribution < 1.29 is 4.79 Å². The summed E-state index contributed by atoms with van der Waals surface area (Å²) in [4.78, 5) is 17.0. The Morgan fingerprint density at radius 1 is 1.09 bits per heavy atom. The highest BCUT2D eigenvalue weighted by atomic mass is 35.5. The summed E-state index contributed by atoms with van der Waals surface area (Å²) in [5, 5.41) is 3.33. The highest BCUT2D eigenvalue weighted by Gasteiger charge is 2.28. The second-order valence-corrected chi connectivity index (χ2v) is 5.74. The quantitative estimate of drug-likeness (QED) is 0.886. The van der Waals surface area contributed by atoms with Crippen molar-refractivity contribution in [3.63, 3.8) is 0 Å². The summed E-state index contributed by atoms with van der Waals surface area (Å²) in [7, 11) is 0. The van der Waals surface area contributed by atoms with Crippen LogP contribution in [0, 0.1) is 0 Å². The number of amides is 1. The molecule has 3 rings (SSSR count). The molecule has 1 fully saturated rings. The van der Waals surface area contributed by atoms with Gasteiger partial charge in [0.25, 0.3) is 0 Å². The summed E-state index contributed by atoms with van der Waals surface area (Å²) < 4.78 is 0. The fourth-order valence-corrected chi connectivity index (χ4v) is 3.17. The molecule has 1 unspecified atom stereocenters. The lowest BCUT2D eigenvalue weighted by Crippen LogP contribution is -2.54. The van der Waals surface area contributed by atoms with Crippen LogP contribution < -0.4 is 5.32 Å². The zero-order chi connectivity index (χ0) is 13.9. The fourth-order valence-electron chi connectivity index (χ4n) is 3.17. The molecule has 22 heavy (non-hydrogen) atoms. The number of nitrogens with zero attached hydrogens (tertiary/aromatic N) is 2. The van der Waals surface area contributed by atoms with E-state index in [0.29, 0.717) is 0 Å². The third-order valence-electron chi connectivity index (χ3n) is 4.50. The van der Waals surface area contributed by atoms with Gasteiger partial charge < -0.3 is 10.2 Å². The third kappa shape index (κ3) is 4.13. The zero-order valence-electron chi connectivity index (χ0n) is 13.0. The Morgan fingerprint density at radius 2 is 1.73 bits per heavy atom. The van der Waals surface area contributed by atoms with Gasteiger partial charge in [0, 0.05) is 39.3 Å². The molecular weight excluding hydrogens is 321 g/mol. The summed E-state index contributed by atoms with van der Waals surface area (Å²) >= 11 is 0. The Labute approximate surface area is 145 Å². The van der Waals surface area contributed by atoms with Gasteiger partial charge in [-0.25, -0.2) is 0 Å². The maximum Gasteiger partial charge on any atom is 0.239 e. The van der Waals surface area contributed by atoms with E-state index in [-0.39, 0.29) is 36.8 Å². The second kappa shape index (κ2) is 8.73. The molecule has 0 aliphatic carbocycles. The molecule has 1 aromatic carbocycles. The average Bonchev–Trinajstić information content (AvgIpc) is 2.54. The highest BCUT2D eigenvalue weighted by molar-refractivity contribution is 5.85. The van der Waals surface area contributed by atoms with Crippen LogP contribution >= 0.6 is 24.8 Å². The van der Waals surface area contributed by atoms with Crippen molar-refractivity contribution in [1.82, 2.24) is 15.1 Å². The number of hydrogen-bond donors (Lipinski definition) is 1. The highest BCUT2D eigenvalue weighted by Crippen LogP contribution is 2.19. The van der Waals surface area contributed by atoms with Gasteiger partial charge in [-0.05, 0) is 24.5 Å². The lowest BCUT2D eigenvalue weighted by atomic mass is 9.99. The maximum atomic E-state index is 12.7. The first kappa shape index (κ1) is 19.2. The first-order valence-corrected chi connectivity index (χ1v) is 7.56. The molecule has 0 radical (unpaired) electrons. The number of nitrogens with one attached hydrogen (secondary N) is 1. The molecule has 1 N–H and O–H groups in total. The van der Waals surface area contributed by atoms with Crippen LogP contribution in [0.5, 0.6) is 0 Å². The lowest BCUT2D eigenvalue weighted by Gasteiger charge is -2.36. The van der Waals surface area contributed by atoms with Crippen molar-refractivity contribution in [2.45, 2.75) is 25.9 Å². The lowest BCUT2D eigenvalue weighted by molar-refractivity contribution is -0.137. The number of hydrogen-bond acceptors (Lipinski definition) is 3. The number of fused-ring (bicyclic) bond motifs is 1. The molecule has 1 aromatic rings. The van der Waals surface area contributed by atoms with Crippen LogP contribution in [0.25, 0.3) is 0 Å². The first-order chi connectivity index (χ1) is 9.75. The van der Waals surface area contributed by atoms with Crippen molar-refractivity contribution in [1.29, 1.82) is 0 Å². The van der Waals surface area contributed by atoms with E-state index in [1.807, 2.05) is 11.8 Å². The van der Waals surface area contributed by atoms with Crippen molar-refractivity contribution >= 4 is 30.7 Å². The topological polar surface area (TPSA) is 35.6 Å². The fraction of sp³-hybridized carbons (Fsp3) is 0.562. The van der Waals surface area contributed by atoms with Crippen molar-refractivity contribution in [3.05, 3.63) is 35.4 Å². The smallest absolute Gasteiger partial charge is 0.239 e. The Hall–Kier alpha value is -0.810. The van der Waals surface area contributed by atoms with E-state index >= 15 is 0 Å². The molecule has 1 atom stereocenters. The Bertz CT molecular complexity index is 492. The van der Waals surface area contributed by atoms with E-state index in [9.17, 15) is 4.79 Å². The third-order valence-corrected chi connectivity index (χ3v) is 4.50. The second-order valence-electron chi connectivity index (χ2n) is 5.74. The molecule has 1 amide bonds. The Balaban J connectivity index is 0.00000121. The molecule has 0 aromatic heterocycles. The Kier molecular flexibility index (Phi) is 7.63. The summed E-state index contributed by atoms with van der Waals surface area (Å²) in [6, 6.07) is 8.47. The summed E-state index contributed by atoms with van der Waals surface area (Å²) in [6.07, 6.45) is 0.982. The molecule has 4 nitrogen and oxygen atoms in total. The van der Waals surface area contributed by atoms with Crippen LogP contribution in [0.2, 0.25) is 0 Å². The van der Waals surface area contributed by atoms with Crippen molar-refractivity contribution in [3.8, 4) is 0 Å². The Morgan fingerprint density at radius 3 is 2.41 bits per heavy atom. The maximum absolute atomic E-state index is 12.7. The van der Waals surface area contributed by atoms with Crippen LogP contribution in [0.15, 0.2) is 24.3 Å². The van der Waals surface area contributed by atoms with Crippen LogP contribution in [-0.2, 0) is 17.8 Å². The predicted molar refractivity (Wildman–Crippen MR) is 94.0 cm³/mol. The number of benzene rings is 1. The van der Waals surface area contributed by atoms with Crippen LogP contribution in [-0.4, -0.2) is 54.5 Å². The molecule has 2 heterocycles. The number of carbonyl (C=O) groups is 1. The van der Waals surface area contributed by atoms with Gasteiger partial charge in [0.05, 0.1) is 6.04 Å². The van der Waals surface area contributed by atoms with Crippen LogP contribution in [0.4, 0.5) is 0 Å². The first-order valence-electron chi connectivity index (χ1n) is 7.56. The van der Waals surface area contributed by atoms with Gasteiger partial charge >= 0.3 is 0 Å². The van der Waals surface area contributed by atoms with E-state index in [1.165, 1.54) is 11.1 Å². The molecule has 1 saturated heterocycles. The molecule has 0 spiro atoms. The van der Waals surface area contributed by atoms with Gasteiger partial charge in [0.1, 0.15) is 0 Å². The number of piperazine rings is 1. The molecular formula is C16H25Cl2N3O. The van der Waals surface area contributed by atoms with E-state index in [2.05, 4.69) is 34.5 Å². The molecule has 2 aliphatic heterocycles. The minimum atomic E-state index is 0. The van der Waals surface area contributed by atoms with E-state index in [0.717, 1.165) is 45.7 Å². The summed E-state index contributed by atoms with van der Waals surface area (Å²) in [5.74, 6) is 0.279. The zero-order valence-corrected chi connectivity index (χ0v) is 14.6. The van der Waals surface area contributed by atoms with Gasteiger partial charge in [-0.3, -0.25) is 9.69 Å². The van der Waals surface area contributed by atoms with E-state index in [4.69, 9.17) is 0 Å². The average molecular weight is 346 g/mol. The molecule has 0 saturated carbocycles. The number of rotatable bonds is 2. The predicted octanol–water partition coefficient (Wildman–Crippen LogP) is 1.71. The molecule has 124 valence electrons. The van der Waals surface area contributed by atoms with Crippen LogP contribution in [0.1, 0.15) is 18.1 Å². The van der Waals surface area contributed by atoms with Gasteiger partial charge in [-0.1, -0.05) is 24.3 Å². The SMILES string of the molecule is CC(C(=O)N1CCc2ccccc2C1)N1CCNCC1.Cl.Cl. The standard InChI is InChI=1S/C16H23N3O.2ClH/c1-13(18-10-7-17-8-11-18)16(20)19-9-6-14-4-2-3-5-15(14)12-19;;/h2-5,13,17H,6-12H2,1H3;2*1H.